The molecule has 3 nitrogen and oxygen atoms in total. The van der Waals surface area contributed by atoms with E-state index in [-0.39, 0.29) is 11.9 Å². The third kappa shape index (κ3) is 2.82. The molecule has 3 heterocycles. The van der Waals surface area contributed by atoms with Crippen LogP contribution in [0.3, 0.4) is 0 Å². The lowest BCUT2D eigenvalue weighted by atomic mass is 10.1. The Hall–Kier alpha value is -1.98. The standard InChI is InChI=1S/C18H16N2OS2/c21-18(20-9-4-7-15(20)14-8-10-22-12-14)16-11-19-17(23-16)13-5-2-1-3-6-13/h1-3,5-6,8,10-12,15H,4,7,9H2. The molecule has 0 saturated carbocycles. The van der Waals surface area contributed by atoms with Gasteiger partial charge in [-0.05, 0) is 35.2 Å². The average molecular weight is 340 g/mol. The SMILES string of the molecule is O=C(c1cnc(-c2ccccc2)s1)N1CCCC1c1ccsc1. The lowest BCUT2D eigenvalue weighted by Gasteiger charge is -2.23. The van der Waals surface area contributed by atoms with Gasteiger partial charge in [0.05, 0.1) is 12.2 Å². The summed E-state index contributed by atoms with van der Waals surface area (Å²) in [6.07, 6.45) is 3.84. The number of aromatic nitrogens is 1. The zero-order chi connectivity index (χ0) is 15.6. The Morgan fingerprint density at radius 3 is 2.87 bits per heavy atom. The van der Waals surface area contributed by atoms with Gasteiger partial charge in [0.2, 0.25) is 0 Å². The smallest absolute Gasteiger partial charge is 0.266 e. The molecule has 0 aliphatic carbocycles. The van der Waals surface area contributed by atoms with E-state index in [1.807, 2.05) is 35.2 Å². The minimum absolute atomic E-state index is 0.110. The maximum Gasteiger partial charge on any atom is 0.266 e. The Kier molecular flexibility index (Phi) is 3.97. The van der Waals surface area contributed by atoms with Crippen LogP contribution in [0.1, 0.15) is 34.1 Å². The van der Waals surface area contributed by atoms with Gasteiger partial charge in [0.25, 0.3) is 5.91 Å². The van der Waals surface area contributed by atoms with Gasteiger partial charge >= 0.3 is 0 Å². The fourth-order valence-electron chi connectivity index (χ4n) is 3.05. The van der Waals surface area contributed by atoms with E-state index in [0.717, 1.165) is 34.8 Å². The van der Waals surface area contributed by atoms with Crippen LogP contribution in [0.2, 0.25) is 0 Å². The zero-order valence-electron chi connectivity index (χ0n) is 12.5. The van der Waals surface area contributed by atoms with E-state index < -0.39 is 0 Å². The number of thiazole rings is 1. The Morgan fingerprint density at radius 2 is 2.09 bits per heavy atom. The van der Waals surface area contributed by atoms with Crippen molar-refractivity contribution in [1.29, 1.82) is 0 Å². The third-order valence-electron chi connectivity index (χ3n) is 4.18. The van der Waals surface area contributed by atoms with Crippen molar-refractivity contribution in [3.8, 4) is 10.6 Å². The number of hydrogen-bond acceptors (Lipinski definition) is 4. The zero-order valence-corrected chi connectivity index (χ0v) is 14.1. The highest BCUT2D eigenvalue weighted by molar-refractivity contribution is 7.16. The molecular weight excluding hydrogens is 324 g/mol. The number of carbonyl (C=O) groups excluding carboxylic acids is 1. The molecule has 0 spiro atoms. The second kappa shape index (κ2) is 6.26. The Morgan fingerprint density at radius 1 is 1.22 bits per heavy atom. The van der Waals surface area contributed by atoms with Crippen LogP contribution in [0.15, 0.2) is 53.4 Å². The summed E-state index contributed by atoms with van der Waals surface area (Å²) in [5, 5.41) is 5.13. The maximum atomic E-state index is 12.9. The van der Waals surface area contributed by atoms with Crippen molar-refractivity contribution in [2.45, 2.75) is 18.9 Å². The molecule has 0 N–H and O–H groups in total. The van der Waals surface area contributed by atoms with Gasteiger partial charge in [-0.1, -0.05) is 30.3 Å². The summed E-state index contributed by atoms with van der Waals surface area (Å²) in [4.78, 5) is 20.1. The number of amides is 1. The summed E-state index contributed by atoms with van der Waals surface area (Å²) >= 11 is 3.17. The van der Waals surface area contributed by atoms with Gasteiger partial charge in [-0.15, -0.1) is 11.3 Å². The predicted octanol–water partition coefficient (Wildman–Crippen LogP) is 4.85. The topological polar surface area (TPSA) is 33.2 Å². The summed E-state index contributed by atoms with van der Waals surface area (Å²) in [7, 11) is 0. The summed E-state index contributed by atoms with van der Waals surface area (Å²) in [6.45, 7) is 0.831. The molecule has 1 aliphatic heterocycles. The number of rotatable bonds is 3. The molecule has 23 heavy (non-hydrogen) atoms. The lowest BCUT2D eigenvalue weighted by molar-refractivity contribution is 0.0740. The molecule has 116 valence electrons. The third-order valence-corrected chi connectivity index (χ3v) is 5.91. The van der Waals surface area contributed by atoms with Crippen LogP contribution in [0, 0.1) is 0 Å². The largest absolute Gasteiger partial charge is 0.331 e. The molecule has 0 radical (unpaired) electrons. The molecule has 1 aliphatic rings. The summed E-state index contributed by atoms with van der Waals surface area (Å²) in [6, 6.07) is 12.4. The fourth-order valence-corrected chi connectivity index (χ4v) is 4.63. The highest BCUT2D eigenvalue weighted by Gasteiger charge is 2.31. The molecule has 4 rings (SSSR count). The number of hydrogen-bond donors (Lipinski definition) is 0. The molecule has 0 bridgehead atoms. The summed E-state index contributed by atoms with van der Waals surface area (Å²) in [5.41, 5.74) is 2.32. The van der Waals surface area contributed by atoms with E-state index in [0.29, 0.717) is 0 Å². The van der Waals surface area contributed by atoms with Crippen LogP contribution in [0.25, 0.3) is 10.6 Å². The van der Waals surface area contributed by atoms with Crippen LogP contribution in [-0.2, 0) is 0 Å². The van der Waals surface area contributed by atoms with Crippen LogP contribution < -0.4 is 0 Å². The molecule has 1 fully saturated rings. The van der Waals surface area contributed by atoms with Crippen LogP contribution in [0.5, 0.6) is 0 Å². The van der Waals surface area contributed by atoms with Gasteiger partial charge in [-0.25, -0.2) is 4.98 Å². The molecule has 2 aromatic heterocycles. The predicted molar refractivity (Wildman–Crippen MR) is 94.9 cm³/mol. The van der Waals surface area contributed by atoms with E-state index in [1.165, 1.54) is 16.9 Å². The molecule has 1 amide bonds. The first-order valence-electron chi connectivity index (χ1n) is 7.67. The molecule has 1 aromatic carbocycles. The van der Waals surface area contributed by atoms with E-state index in [4.69, 9.17) is 0 Å². The van der Waals surface area contributed by atoms with Crippen LogP contribution in [-0.4, -0.2) is 22.3 Å². The first-order valence-corrected chi connectivity index (χ1v) is 9.43. The van der Waals surface area contributed by atoms with Gasteiger partial charge in [-0.2, -0.15) is 11.3 Å². The Bertz CT molecular complexity index is 796. The summed E-state index contributed by atoms with van der Waals surface area (Å²) < 4.78 is 0. The monoisotopic (exact) mass is 340 g/mol. The maximum absolute atomic E-state index is 12.9. The number of nitrogens with zero attached hydrogens (tertiary/aromatic N) is 2. The van der Waals surface area contributed by atoms with Crippen molar-refractivity contribution in [2.75, 3.05) is 6.54 Å². The second-order valence-electron chi connectivity index (χ2n) is 5.61. The molecular formula is C18H16N2OS2. The summed E-state index contributed by atoms with van der Waals surface area (Å²) in [5.74, 6) is 0.110. The van der Waals surface area contributed by atoms with Gasteiger partial charge in [0, 0.05) is 12.1 Å². The normalized spacial score (nSPS) is 17.6. The van der Waals surface area contributed by atoms with E-state index in [2.05, 4.69) is 21.8 Å². The second-order valence-corrected chi connectivity index (χ2v) is 7.42. The minimum Gasteiger partial charge on any atom is -0.331 e. The van der Waals surface area contributed by atoms with Crippen LogP contribution in [0.4, 0.5) is 0 Å². The Balaban J connectivity index is 1.59. The van der Waals surface area contributed by atoms with Crippen molar-refractivity contribution in [2.24, 2.45) is 0 Å². The number of thiophene rings is 1. The minimum atomic E-state index is 0.110. The number of benzene rings is 1. The molecule has 1 atom stereocenters. The highest BCUT2D eigenvalue weighted by atomic mass is 32.1. The number of likely N-dealkylation sites (tertiary alicyclic amines) is 1. The quantitative estimate of drug-likeness (QED) is 0.683. The Labute approximate surface area is 143 Å². The van der Waals surface area contributed by atoms with Crippen molar-refractivity contribution in [3.05, 3.63) is 63.8 Å². The van der Waals surface area contributed by atoms with Crippen molar-refractivity contribution >= 4 is 28.6 Å². The van der Waals surface area contributed by atoms with Crippen molar-refractivity contribution < 1.29 is 4.79 Å². The van der Waals surface area contributed by atoms with Gasteiger partial charge in [0.15, 0.2) is 0 Å². The number of carbonyl (C=O) groups is 1. The molecule has 1 saturated heterocycles. The van der Waals surface area contributed by atoms with E-state index >= 15 is 0 Å². The first-order chi connectivity index (χ1) is 11.3. The van der Waals surface area contributed by atoms with Crippen LogP contribution >= 0.6 is 22.7 Å². The van der Waals surface area contributed by atoms with Crippen molar-refractivity contribution in [3.63, 3.8) is 0 Å². The average Bonchev–Trinajstić information content (AvgIpc) is 3.34. The van der Waals surface area contributed by atoms with Gasteiger partial charge < -0.3 is 4.90 Å². The van der Waals surface area contributed by atoms with E-state index in [9.17, 15) is 4.79 Å². The first kappa shape index (κ1) is 14.6. The van der Waals surface area contributed by atoms with Crippen molar-refractivity contribution in [1.82, 2.24) is 9.88 Å². The molecule has 3 aromatic rings. The van der Waals surface area contributed by atoms with Gasteiger partial charge in [0.1, 0.15) is 9.88 Å². The lowest BCUT2D eigenvalue weighted by Crippen LogP contribution is -2.29. The molecule has 5 heteroatoms. The van der Waals surface area contributed by atoms with E-state index in [1.54, 1.807) is 17.5 Å². The highest BCUT2D eigenvalue weighted by Crippen LogP contribution is 2.35. The fraction of sp³-hybridized carbons (Fsp3) is 0.222. The van der Waals surface area contributed by atoms with Gasteiger partial charge in [-0.3, -0.25) is 4.79 Å². The molecule has 1 unspecified atom stereocenters.